The molecule has 15 N–H and O–H groups in total. The number of benzene rings is 4. The number of rotatable bonds is 14. The second-order valence-corrected chi connectivity index (χ2v) is 15.2. The zero-order valence-electron chi connectivity index (χ0n) is 34.8. The third kappa shape index (κ3) is 10.0. The number of carboxylic acids is 2. The summed E-state index contributed by atoms with van der Waals surface area (Å²) in [4.78, 5) is 92.6. The Hall–Kier alpha value is -9.31. The van der Waals surface area contributed by atoms with Crippen molar-refractivity contribution in [2.24, 2.45) is 5.92 Å². The standard InChI is InChI=1S/C42H36O28/c43-16-1-11(2-17(44)29(16)54)37(60)65-10-24-35(68-41(64)15(8-25(50)51)27-23(9-26(52)53)66-40(63)14-7-22(49)32(57)33(58)28(14)27)36(69-38(61)12-3-18(45)30(55)19(46)4-12)34(59)42(67-24)70-39(62)13-5-20(47)31(56)21(48)6-13/h1-7,15,23-24,27,34-36,42-49,54-59H,8-10H2,(H,50,51)(H,52,53)/t15-,23-,24+,27+,34+,35+,36+,42-/m0/s1. The maximum Gasteiger partial charge on any atom is 0.340 e. The van der Waals surface area contributed by atoms with Gasteiger partial charge in [0.25, 0.3) is 0 Å². The van der Waals surface area contributed by atoms with Gasteiger partial charge in [0.2, 0.25) is 12.0 Å². The van der Waals surface area contributed by atoms with Gasteiger partial charge in [-0.15, -0.1) is 0 Å². The van der Waals surface area contributed by atoms with Crippen LogP contribution in [-0.4, -0.2) is 162 Å². The van der Waals surface area contributed by atoms with Gasteiger partial charge >= 0.3 is 41.8 Å². The smallest absolute Gasteiger partial charge is 0.340 e. The molecular formula is C42H36O28. The Bertz CT molecular complexity index is 2750. The van der Waals surface area contributed by atoms with Crippen LogP contribution in [0.25, 0.3) is 0 Å². The van der Waals surface area contributed by atoms with E-state index in [0.29, 0.717) is 42.5 Å². The Morgan fingerprint density at radius 3 is 1.47 bits per heavy atom. The Labute approximate surface area is 387 Å². The Morgan fingerprint density at radius 1 is 0.543 bits per heavy atom. The molecule has 4 aromatic rings. The van der Waals surface area contributed by atoms with Crippen LogP contribution in [0.1, 0.15) is 65.8 Å². The molecule has 0 unspecified atom stereocenters. The number of aliphatic carboxylic acids is 2. The van der Waals surface area contributed by atoms with E-state index in [1.54, 1.807) is 0 Å². The van der Waals surface area contributed by atoms with Crippen LogP contribution in [0.15, 0.2) is 42.5 Å². The number of carbonyl (C=O) groups excluding carboxylic acids is 5. The molecule has 0 aromatic heterocycles. The summed E-state index contributed by atoms with van der Waals surface area (Å²) in [6.07, 6.45) is -17.3. The molecule has 0 bridgehead atoms. The molecule has 4 aromatic carbocycles. The van der Waals surface area contributed by atoms with Gasteiger partial charge in [0.1, 0.15) is 18.8 Å². The molecule has 8 atom stereocenters. The molecular weight excluding hydrogens is 952 g/mol. The molecule has 28 heteroatoms. The minimum absolute atomic E-state index is 0.514. The van der Waals surface area contributed by atoms with Gasteiger partial charge in [0, 0.05) is 11.5 Å². The van der Waals surface area contributed by atoms with E-state index in [1.165, 1.54) is 0 Å². The van der Waals surface area contributed by atoms with Crippen LogP contribution in [0.3, 0.4) is 0 Å². The van der Waals surface area contributed by atoms with Crippen LogP contribution >= 0.6 is 0 Å². The Kier molecular flexibility index (Phi) is 14.0. The van der Waals surface area contributed by atoms with Crippen molar-refractivity contribution in [2.45, 2.75) is 55.6 Å². The average molecular weight is 989 g/mol. The number of phenolic OH excluding ortho intramolecular Hbond substituents is 12. The molecule has 2 heterocycles. The zero-order chi connectivity index (χ0) is 51.8. The molecule has 70 heavy (non-hydrogen) atoms. The number of fused-ring (bicyclic) bond motifs is 1. The molecule has 0 amide bonds. The number of carbonyl (C=O) groups is 7. The first-order valence-corrected chi connectivity index (χ1v) is 19.6. The van der Waals surface area contributed by atoms with Crippen LogP contribution in [-0.2, 0) is 42.8 Å². The molecule has 6 rings (SSSR count). The fourth-order valence-electron chi connectivity index (χ4n) is 7.37. The number of aliphatic hydroxyl groups excluding tert-OH is 1. The number of aromatic hydroxyl groups is 12. The monoisotopic (exact) mass is 988 g/mol. The average Bonchev–Trinajstić information content (AvgIpc) is 3.28. The van der Waals surface area contributed by atoms with Gasteiger partial charge in [-0.25, -0.2) is 19.2 Å². The zero-order valence-corrected chi connectivity index (χ0v) is 34.8. The highest BCUT2D eigenvalue weighted by molar-refractivity contribution is 5.96. The van der Waals surface area contributed by atoms with Gasteiger partial charge in [-0.3, -0.25) is 14.4 Å². The van der Waals surface area contributed by atoms with Crippen LogP contribution in [0, 0.1) is 5.92 Å². The lowest BCUT2D eigenvalue weighted by atomic mass is 9.75. The SMILES string of the molecule is O=C(O)C[C@@H]1OC(=O)c2cc(O)c(O)c(O)c2[C@@H]1[C@H](CC(=O)O)C(=O)O[C@H]1[C@H](OC(=O)c2cc(O)c(O)c(O)c2)[C@@H](O)[C@H](OC(=O)c2cc(O)c(O)c(O)c2)O[C@@H]1COC(=O)c1cc(O)c(O)c(O)c1. The minimum Gasteiger partial charge on any atom is -0.504 e. The fraction of sp³-hybridized carbons (Fsp3) is 0.262. The molecule has 1 fully saturated rings. The number of hydrogen-bond acceptors (Lipinski definition) is 26. The molecule has 2 aliphatic rings. The lowest BCUT2D eigenvalue weighted by Crippen LogP contribution is -2.62. The largest absolute Gasteiger partial charge is 0.504 e. The summed E-state index contributed by atoms with van der Waals surface area (Å²) in [6, 6.07) is 3.85. The van der Waals surface area contributed by atoms with Gasteiger partial charge in [-0.1, -0.05) is 0 Å². The van der Waals surface area contributed by atoms with Gasteiger partial charge in [-0.2, -0.15) is 0 Å². The van der Waals surface area contributed by atoms with Crippen molar-refractivity contribution in [3.05, 3.63) is 70.3 Å². The van der Waals surface area contributed by atoms with Crippen molar-refractivity contribution in [3.8, 4) is 69.0 Å². The van der Waals surface area contributed by atoms with E-state index in [-0.39, 0.29) is 0 Å². The maximum absolute atomic E-state index is 14.6. The van der Waals surface area contributed by atoms with Crippen molar-refractivity contribution >= 4 is 41.8 Å². The van der Waals surface area contributed by atoms with E-state index in [9.17, 15) is 110 Å². The molecule has 1 saturated heterocycles. The first kappa shape index (κ1) is 50.1. The van der Waals surface area contributed by atoms with Crippen LogP contribution in [0.2, 0.25) is 0 Å². The van der Waals surface area contributed by atoms with Crippen molar-refractivity contribution in [1.82, 2.24) is 0 Å². The van der Waals surface area contributed by atoms with Gasteiger partial charge < -0.3 is 105 Å². The molecule has 0 aliphatic carbocycles. The topological polar surface area (TPSA) is 478 Å². The molecule has 372 valence electrons. The molecule has 28 nitrogen and oxygen atoms in total. The maximum atomic E-state index is 14.6. The van der Waals surface area contributed by atoms with Crippen molar-refractivity contribution in [1.29, 1.82) is 0 Å². The summed E-state index contributed by atoms with van der Waals surface area (Å²) >= 11 is 0. The fourth-order valence-corrected chi connectivity index (χ4v) is 7.37. The highest BCUT2D eigenvalue weighted by Crippen LogP contribution is 2.51. The van der Waals surface area contributed by atoms with E-state index >= 15 is 0 Å². The number of ether oxygens (including phenoxy) is 6. The highest BCUT2D eigenvalue weighted by Gasteiger charge is 2.54. The summed E-state index contributed by atoms with van der Waals surface area (Å²) in [5.41, 5.74) is -3.97. The van der Waals surface area contributed by atoms with Crippen LogP contribution in [0.5, 0.6) is 69.0 Å². The van der Waals surface area contributed by atoms with E-state index in [0.717, 1.165) is 0 Å². The van der Waals surface area contributed by atoms with Crippen molar-refractivity contribution in [2.75, 3.05) is 6.61 Å². The van der Waals surface area contributed by atoms with Crippen molar-refractivity contribution in [3.63, 3.8) is 0 Å². The molecule has 0 saturated carbocycles. The van der Waals surface area contributed by atoms with E-state index in [1.807, 2.05) is 0 Å². The molecule has 2 aliphatic heterocycles. The van der Waals surface area contributed by atoms with Gasteiger partial charge in [-0.05, 0) is 42.5 Å². The predicted molar refractivity (Wildman–Crippen MR) is 215 cm³/mol. The first-order valence-electron chi connectivity index (χ1n) is 19.6. The van der Waals surface area contributed by atoms with Crippen LogP contribution in [0.4, 0.5) is 0 Å². The first-order chi connectivity index (χ1) is 32.8. The summed E-state index contributed by atoms with van der Waals surface area (Å²) < 4.78 is 32.4. The minimum atomic E-state index is -2.65. The lowest BCUT2D eigenvalue weighted by Gasteiger charge is -2.43. The summed E-state index contributed by atoms with van der Waals surface area (Å²) in [5.74, 6) is -29.9. The quantitative estimate of drug-likeness (QED) is 0.0458. The number of aliphatic hydroxyl groups is 1. The third-order valence-corrected chi connectivity index (χ3v) is 10.6. The van der Waals surface area contributed by atoms with Crippen molar-refractivity contribution < 1.29 is 139 Å². The second kappa shape index (κ2) is 19.5. The summed E-state index contributed by atoms with van der Waals surface area (Å²) in [6.45, 7) is -1.32. The number of cyclic esters (lactones) is 1. The van der Waals surface area contributed by atoms with E-state index in [4.69, 9.17) is 28.4 Å². The highest BCUT2D eigenvalue weighted by atomic mass is 16.7. The van der Waals surface area contributed by atoms with Gasteiger partial charge in [0.05, 0.1) is 41.0 Å². The number of phenols is 12. The number of carboxylic acid groups (broad SMARTS) is 2. The second-order valence-electron chi connectivity index (χ2n) is 15.2. The number of hydrogen-bond donors (Lipinski definition) is 15. The number of esters is 5. The van der Waals surface area contributed by atoms with E-state index in [2.05, 4.69) is 0 Å². The Balaban J connectivity index is 1.49. The normalized spacial score (nSPS) is 21.0. The van der Waals surface area contributed by atoms with E-state index < -0.39 is 207 Å². The molecule has 0 radical (unpaired) electrons. The van der Waals surface area contributed by atoms with Gasteiger partial charge in [0.15, 0.2) is 81.6 Å². The molecule has 0 spiro atoms. The van der Waals surface area contributed by atoms with Crippen LogP contribution < -0.4 is 0 Å². The lowest BCUT2D eigenvalue weighted by molar-refractivity contribution is -0.288. The summed E-state index contributed by atoms with van der Waals surface area (Å²) in [7, 11) is 0. The predicted octanol–water partition coefficient (Wildman–Crippen LogP) is 0.279. The summed E-state index contributed by atoms with van der Waals surface area (Å²) in [5, 5.41) is 153. The third-order valence-electron chi connectivity index (χ3n) is 10.6. The Morgan fingerprint density at radius 2 is 1.00 bits per heavy atom.